The summed E-state index contributed by atoms with van der Waals surface area (Å²) in [5, 5.41) is 5.25. The largest absolute Gasteiger partial charge is 0.345 e. The summed E-state index contributed by atoms with van der Waals surface area (Å²) < 4.78 is 0. The first-order valence-electron chi connectivity index (χ1n) is 10.7. The number of nitrogens with two attached hydrogens (primary N) is 1. The summed E-state index contributed by atoms with van der Waals surface area (Å²) in [6.07, 6.45) is 1.07. The zero-order chi connectivity index (χ0) is 23.9. The molecule has 1 heterocycles. The number of nitrogens with zero attached hydrogens (tertiary/aromatic N) is 1. The molecular formula is C21H35ClN4O5. The molecule has 0 aromatic heterocycles. The third-order valence-electron chi connectivity index (χ3n) is 5.47. The third-order valence-corrected chi connectivity index (χ3v) is 5.73. The zero-order valence-electron chi connectivity index (χ0n) is 18.9. The van der Waals surface area contributed by atoms with Crippen molar-refractivity contribution in [1.82, 2.24) is 15.5 Å². The van der Waals surface area contributed by atoms with Gasteiger partial charge < -0.3 is 21.3 Å². The van der Waals surface area contributed by atoms with Crippen molar-refractivity contribution in [3.8, 4) is 0 Å². The topological polar surface area (TPSA) is 139 Å². The predicted molar refractivity (Wildman–Crippen MR) is 117 cm³/mol. The van der Waals surface area contributed by atoms with E-state index in [1.165, 1.54) is 11.8 Å². The second kappa shape index (κ2) is 12.1. The van der Waals surface area contributed by atoms with Crippen molar-refractivity contribution in [3.63, 3.8) is 0 Å². The highest BCUT2D eigenvalue weighted by Gasteiger charge is 2.38. The molecule has 0 aliphatic carbocycles. The second-order valence-electron chi connectivity index (χ2n) is 8.61. The van der Waals surface area contributed by atoms with Gasteiger partial charge in [0.1, 0.15) is 6.04 Å². The van der Waals surface area contributed by atoms with Gasteiger partial charge in [-0.25, -0.2) is 0 Å². The monoisotopic (exact) mass is 458 g/mol. The molecule has 1 aliphatic rings. The molecule has 1 rings (SSSR count). The van der Waals surface area contributed by atoms with E-state index in [1.54, 1.807) is 13.8 Å². The Hall–Kier alpha value is -2.00. The first kappa shape index (κ1) is 27.0. The third kappa shape index (κ3) is 7.57. The number of Topliss-reactive ketones (excluding diaryl/α,β-unsaturated/α-hetero) is 2. The maximum Gasteiger partial charge on any atom is 0.243 e. The lowest BCUT2D eigenvalue weighted by Gasteiger charge is -2.29. The number of likely N-dealkylation sites (tertiary alicyclic amines) is 1. The standard InChI is InChI=1S/C21H35ClN4O5/c1-11(2)18(17(28)10-22)25-20(30)15-7-6-8-26(15)21(31)12(3)9-16(27)14(5)24-19(29)13(4)23/h11-15,18H,6-10,23H2,1-5H3,(H,24,29)(H,25,30)/t12-,13+,14-,15+,18?/m1/s1. The highest BCUT2D eigenvalue weighted by atomic mass is 35.5. The van der Waals surface area contributed by atoms with Crippen molar-refractivity contribution in [3.05, 3.63) is 0 Å². The van der Waals surface area contributed by atoms with Crippen LogP contribution in [0.4, 0.5) is 0 Å². The van der Waals surface area contributed by atoms with Crippen LogP contribution in [0.15, 0.2) is 0 Å². The van der Waals surface area contributed by atoms with Crippen molar-refractivity contribution in [2.24, 2.45) is 17.6 Å². The number of hydrogen-bond acceptors (Lipinski definition) is 6. The predicted octanol–water partition coefficient (Wildman–Crippen LogP) is 0.373. The number of amides is 3. The number of halogens is 1. The van der Waals surface area contributed by atoms with Crippen LogP contribution in [0.2, 0.25) is 0 Å². The van der Waals surface area contributed by atoms with E-state index in [4.69, 9.17) is 17.3 Å². The Bertz CT molecular complexity index is 697. The van der Waals surface area contributed by atoms with Gasteiger partial charge in [0, 0.05) is 18.9 Å². The molecule has 0 aromatic rings. The fourth-order valence-electron chi connectivity index (χ4n) is 3.53. The van der Waals surface area contributed by atoms with Crippen molar-refractivity contribution in [1.29, 1.82) is 0 Å². The summed E-state index contributed by atoms with van der Waals surface area (Å²) in [6.45, 7) is 8.72. The van der Waals surface area contributed by atoms with Crippen LogP contribution >= 0.6 is 11.6 Å². The number of nitrogens with one attached hydrogen (secondary N) is 2. The van der Waals surface area contributed by atoms with E-state index in [1.807, 2.05) is 13.8 Å². The Morgan fingerprint density at radius 1 is 1.03 bits per heavy atom. The van der Waals surface area contributed by atoms with Crippen LogP contribution in [-0.4, -0.2) is 70.8 Å². The lowest BCUT2D eigenvalue weighted by Crippen LogP contribution is -2.53. The summed E-state index contributed by atoms with van der Waals surface area (Å²) in [7, 11) is 0. The van der Waals surface area contributed by atoms with Crippen molar-refractivity contribution in [2.75, 3.05) is 12.4 Å². The van der Waals surface area contributed by atoms with Crippen LogP contribution in [0.1, 0.15) is 53.9 Å². The van der Waals surface area contributed by atoms with Crippen molar-refractivity contribution >= 4 is 40.9 Å². The van der Waals surface area contributed by atoms with Crippen LogP contribution < -0.4 is 16.4 Å². The van der Waals surface area contributed by atoms with Gasteiger partial charge in [0.25, 0.3) is 0 Å². The molecule has 0 aromatic carbocycles. The highest BCUT2D eigenvalue weighted by molar-refractivity contribution is 6.28. The van der Waals surface area contributed by atoms with E-state index >= 15 is 0 Å². The van der Waals surface area contributed by atoms with Gasteiger partial charge in [-0.3, -0.25) is 24.0 Å². The Morgan fingerprint density at radius 3 is 2.16 bits per heavy atom. The van der Waals surface area contributed by atoms with Crippen LogP contribution in [0.5, 0.6) is 0 Å². The Labute approximate surface area is 188 Å². The van der Waals surface area contributed by atoms with Crippen molar-refractivity contribution < 1.29 is 24.0 Å². The normalized spacial score (nSPS) is 20.0. The van der Waals surface area contributed by atoms with E-state index in [9.17, 15) is 24.0 Å². The molecule has 1 saturated heterocycles. The average Bonchev–Trinajstić information content (AvgIpc) is 3.19. The molecule has 10 heteroatoms. The molecule has 1 unspecified atom stereocenters. The van der Waals surface area contributed by atoms with E-state index in [0.29, 0.717) is 19.4 Å². The highest BCUT2D eigenvalue weighted by Crippen LogP contribution is 2.22. The van der Waals surface area contributed by atoms with E-state index in [2.05, 4.69) is 10.6 Å². The molecular weight excluding hydrogens is 424 g/mol. The number of alkyl halides is 1. The summed E-state index contributed by atoms with van der Waals surface area (Å²) in [4.78, 5) is 63.4. The molecule has 0 bridgehead atoms. The number of carbonyl (C=O) groups excluding carboxylic acids is 5. The Balaban J connectivity index is 2.76. The van der Waals surface area contributed by atoms with Gasteiger partial charge in [-0.2, -0.15) is 0 Å². The quantitative estimate of drug-likeness (QED) is 0.382. The number of ketones is 2. The maximum atomic E-state index is 13.0. The minimum Gasteiger partial charge on any atom is -0.345 e. The molecule has 0 radical (unpaired) electrons. The number of rotatable bonds is 11. The molecule has 31 heavy (non-hydrogen) atoms. The molecule has 3 amide bonds. The molecule has 5 atom stereocenters. The second-order valence-corrected chi connectivity index (χ2v) is 8.88. The van der Waals surface area contributed by atoms with Crippen LogP contribution in [-0.2, 0) is 24.0 Å². The molecule has 4 N–H and O–H groups in total. The minimum absolute atomic E-state index is 0.0660. The lowest BCUT2D eigenvalue weighted by atomic mass is 9.98. The first-order chi connectivity index (χ1) is 14.4. The lowest BCUT2D eigenvalue weighted by molar-refractivity contribution is -0.143. The van der Waals surface area contributed by atoms with E-state index in [-0.39, 0.29) is 41.6 Å². The molecule has 0 saturated carbocycles. The summed E-state index contributed by atoms with van der Waals surface area (Å²) in [6, 6.07) is -2.90. The van der Waals surface area contributed by atoms with Crippen LogP contribution in [0.25, 0.3) is 0 Å². The molecule has 1 fully saturated rings. The summed E-state index contributed by atoms with van der Waals surface area (Å²) >= 11 is 5.65. The molecule has 0 spiro atoms. The Morgan fingerprint density at radius 2 is 1.65 bits per heavy atom. The van der Waals surface area contributed by atoms with Gasteiger partial charge in [-0.05, 0) is 32.6 Å². The molecule has 176 valence electrons. The Kier molecular flexibility index (Phi) is 10.6. The number of carbonyl (C=O) groups is 5. The minimum atomic E-state index is -0.764. The zero-order valence-corrected chi connectivity index (χ0v) is 19.7. The van der Waals surface area contributed by atoms with E-state index < -0.39 is 36.0 Å². The van der Waals surface area contributed by atoms with Crippen LogP contribution in [0, 0.1) is 11.8 Å². The van der Waals surface area contributed by atoms with Gasteiger partial charge in [0.05, 0.1) is 24.0 Å². The fraction of sp³-hybridized carbons (Fsp3) is 0.762. The van der Waals surface area contributed by atoms with Crippen LogP contribution in [0.3, 0.4) is 0 Å². The number of hydrogen-bond donors (Lipinski definition) is 3. The fourth-order valence-corrected chi connectivity index (χ4v) is 3.70. The van der Waals surface area contributed by atoms with Gasteiger partial charge in [-0.1, -0.05) is 20.8 Å². The molecule has 1 aliphatic heterocycles. The average molecular weight is 459 g/mol. The van der Waals surface area contributed by atoms with Gasteiger partial charge in [0.15, 0.2) is 11.6 Å². The van der Waals surface area contributed by atoms with E-state index in [0.717, 1.165) is 0 Å². The summed E-state index contributed by atoms with van der Waals surface area (Å²) in [5.41, 5.74) is 5.49. The maximum absolute atomic E-state index is 13.0. The van der Waals surface area contributed by atoms with Crippen molar-refractivity contribution in [2.45, 2.75) is 78.0 Å². The van der Waals surface area contributed by atoms with Gasteiger partial charge in [-0.15, -0.1) is 11.6 Å². The van der Waals surface area contributed by atoms with Gasteiger partial charge in [0.2, 0.25) is 17.7 Å². The molecule has 9 nitrogen and oxygen atoms in total. The SMILES string of the molecule is CC(C)C(NC(=O)[C@@H]1CCCN1C(=O)[C@H](C)CC(=O)[C@@H](C)NC(=O)[C@H](C)N)C(=O)CCl. The summed E-state index contributed by atoms with van der Waals surface area (Å²) in [5.74, 6) is -2.69. The smallest absolute Gasteiger partial charge is 0.243 e. The first-order valence-corrected chi connectivity index (χ1v) is 11.2. The van der Waals surface area contributed by atoms with Gasteiger partial charge >= 0.3 is 0 Å².